The highest BCUT2D eigenvalue weighted by Gasteiger charge is 2.09. The molecular weight excluding hydrogens is 315 g/mol. The molecule has 0 unspecified atom stereocenters. The lowest BCUT2D eigenvalue weighted by Gasteiger charge is -2.06. The highest BCUT2D eigenvalue weighted by Crippen LogP contribution is 2.22. The number of hydrogen-bond acceptors (Lipinski definition) is 5. The largest absolute Gasteiger partial charge is 0.379 e. The van der Waals surface area contributed by atoms with E-state index in [0.29, 0.717) is 12.2 Å². The zero-order chi connectivity index (χ0) is 16.2. The van der Waals surface area contributed by atoms with Crippen LogP contribution in [0.4, 0.5) is 10.1 Å². The van der Waals surface area contributed by atoms with Crippen LogP contribution in [0.1, 0.15) is 16.1 Å². The van der Waals surface area contributed by atoms with Gasteiger partial charge in [0.1, 0.15) is 10.8 Å². The molecule has 0 radical (unpaired) electrons. The molecule has 0 aliphatic heterocycles. The Kier molecular flexibility index (Phi) is 4.29. The number of nitrogens with one attached hydrogen (secondary N) is 1. The number of halogens is 1. The van der Waals surface area contributed by atoms with Crippen LogP contribution in [0.5, 0.6) is 0 Å². The van der Waals surface area contributed by atoms with Gasteiger partial charge < -0.3 is 11.1 Å². The van der Waals surface area contributed by atoms with Gasteiger partial charge in [-0.25, -0.2) is 9.37 Å². The van der Waals surface area contributed by atoms with Crippen molar-refractivity contribution in [2.75, 3.05) is 5.32 Å². The number of aromatic nitrogens is 2. The summed E-state index contributed by atoms with van der Waals surface area (Å²) in [5.41, 5.74) is 7.15. The first kappa shape index (κ1) is 15.1. The third kappa shape index (κ3) is 3.51. The topological polar surface area (TPSA) is 80.9 Å². The second-order valence-corrected chi connectivity index (χ2v) is 5.63. The van der Waals surface area contributed by atoms with Gasteiger partial charge in [-0.1, -0.05) is 6.07 Å². The Hall–Kier alpha value is -2.80. The molecular formula is C16H13FN4OS. The van der Waals surface area contributed by atoms with Crippen LogP contribution in [0, 0.1) is 5.82 Å². The molecule has 5 nitrogen and oxygen atoms in total. The van der Waals surface area contributed by atoms with Crippen LogP contribution in [0.15, 0.2) is 48.0 Å². The Morgan fingerprint density at radius 2 is 2.17 bits per heavy atom. The van der Waals surface area contributed by atoms with Crippen molar-refractivity contribution in [1.29, 1.82) is 0 Å². The third-order valence-electron chi connectivity index (χ3n) is 3.14. The molecule has 7 heteroatoms. The van der Waals surface area contributed by atoms with E-state index in [9.17, 15) is 9.18 Å². The predicted octanol–water partition coefficient (Wildman–Crippen LogP) is 3.06. The molecule has 116 valence electrons. The number of nitrogens with zero attached hydrogens (tertiary/aromatic N) is 2. The standard InChI is InChI=1S/C16H13FN4OS/c17-13-7-10(4-5-12(13)15(18)22)20-8-11-9-23-16(21-11)14-3-1-2-6-19-14/h1-7,9,20H,8H2,(H2,18,22). The van der Waals surface area contributed by atoms with Crippen molar-refractivity contribution in [1.82, 2.24) is 9.97 Å². The Balaban J connectivity index is 1.68. The molecule has 0 aliphatic rings. The number of carbonyl (C=O) groups excluding carboxylic acids is 1. The van der Waals surface area contributed by atoms with Gasteiger partial charge in [-0.2, -0.15) is 0 Å². The van der Waals surface area contributed by atoms with Gasteiger partial charge in [0, 0.05) is 17.3 Å². The summed E-state index contributed by atoms with van der Waals surface area (Å²) in [6, 6.07) is 9.87. The average Bonchev–Trinajstić information content (AvgIpc) is 3.02. The summed E-state index contributed by atoms with van der Waals surface area (Å²) in [4.78, 5) is 19.7. The molecule has 3 N–H and O–H groups in total. The minimum absolute atomic E-state index is 0.123. The summed E-state index contributed by atoms with van der Waals surface area (Å²) in [5.74, 6) is -1.43. The number of hydrogen-bond donors (Lipinski definition) is 2. The Bertz CT molecular complexity index is 835. The van der Waals surface area contributed by atoms with E-state index in [4.69, 9.17) is 5.73 Å². The van der Waals surface area contributed by atoms with Crippen molar-refractivity contribution >= 4 is 22.9 Å². The number of primary amides is 1. The van der Waals surface area contributed by atoms with Crippen LogP contribution in [0.25, 0.3) is 10.7 Å². The molecule has 0 saturated carbocycles. The minimum atomic E-state index is -0.784. The van der Waals surface area contributed by atoms with Gasteiger partial charge in [0.2, 0.25) is 0 Å². The molecule has 2 heterocycles. The van der Waals surface area contributed by atoms with E-state index in [1.54, 1.807) is 12.3 Å². The molecule has 0 aliphatic carbocycles. The van der Waals surface area contributed by atoms with Crippen LogP contribution in [0.3, 0.4) is 0 Å². The number of rotatable bonds is 5. The lowest BCUT2D eigenvalue weighted by Crippen LogP contribution is -2.13. The van der Waals surface area contributed by atoms with Gasteiger partial charge in [-0.15, -0.1) is 11.3 Å². The molecule has 1 amide bonds. The quantitative estimate of drug-likeness (QED) is 0.754. The zero-order valence-corrected chi connectivity index (χ0v) is 12.8. The first-order valence-corrected chi connectivity index (χ1v) is 7.70. The summed E-state index contributed by atoms with van der Waals surface area (Å²) in [5, 5.41) is 5.82. The van der Waals surface area contributed by atoms with E-state index in [-0.39, 0.29) is 5.56 Å². The normalized spacial score (nSPS) is 10.5. The third-order valence-corrected chi connectivity index (χ3v) is 4.06. The van der Waals surface area contributed by atoms with Crippen molar-refractivity contribution in [2.45, 2.75) is 6.54 Å². The molecule has 0 bridgehead atoms. The van der Waals surface area contributed by atoms with Crippen LogP contribution in [-0.2, 0) is 6.54 Å². The minimum Gasteiger partial charge on any atom is -0.379 e. The van der Waals surface area contributed by atoms with Crippen LogP contribution in [-0.4, -0.2) is 15.9 Å². The van der Waals surface area contributed by atoms with E-state index in [1.165, 1.54) is 23.5 Å². The maximum absolute atomic E-state index is 13.7. The van der Waals surface area contributed by atoms with Gasteiger partial charge in [-0.3, -0.25) is 9.78 Å². The summed E-state index contributed by atoms with van der Waals surface area (Å²) >= 11 is 1.50. The number of amides is 1. The smallest absolute Gasteiger partial charge is 0.251 e. The lowest BCUT2D eigenvalue weighted by atomic mass is 10.2. The molecule has 0 spiro atoms. The maximum Gasteiger partial charge on any atom is 0.251 e. The van der Waals surface area contributed by atoms with Crippen LogP contribution >= 0.6 is 11.3 Å². The Morgan fingerprint density at radius 3 is 2.87 bits per heavy atom. The second-order valence-electron chi connectivity index (χ2n) is 4.77. The summed E-state index contributed by atoms with van der Waals surface area (Å²) in [6.07, 6.45) is 1.72. The van der Waals surface area contributed by atoms with Crippen molar-refractivity contribution in [2.24, 2.45) is 5.73 Å². The van der Waals surface area contributed by atoms with E-state index in [2.05, 4.69) is 15.3 Å². The second kappa shape index (κ2) is 6.53. The van der Waals surface area contributed by atoms with Crippen LogP contribution in [0.2, 0.25) is 0 Å². The van der Waals surface area contributed by atoms with Crippen molar-refractivity contribution in [3.63, 3.8) is 0 Å². The molecule has 3 rings (SSSR count). The highest BCUT2D eigenvalue weighted by molar-refractivity contribution is 7.13. The maximum atomic E-state index is 13.7. The SMILES string of the molecule is NC(=O)c1ccc(NCc2csc(-c3ccccn3)n2)cc1F. The van der Waals surface area contributed by atoms with E-state index < -0.39 is 11.7 Å². The number of carbonyl (C=O) groups is 1. The Morgan fingerprint density at radius 1 is 1.30 bits per heavy atom. The average molecular weight is 328 g/mol. The monoisotopic (exact) mass is 328 g/mol. The van der Waals surface area contributed by atoms with Crippen molar-refractivity contribution in [3.8, 4) is 10.7 Å². The molecule has 3 aromatic rings. The zero-order valence-electron chi connectivity index (χ0n) is 12.0. The molecule has 0 fully saturated rings. The molecule has 23 heavy (non-hydrogen) atoms. The summed E-state index contributed by atoms with van der Waals surface area (Å²) in [6.45, 7) is 0.443. The first-order valence-electron chi connectivity index (χ1n) is 6.82. The number of benzene rings is 1. The van der Waals surface area contributed by atoms with Gasteiger partial charge in [0.25, 0.3) is 5.91 Å². The van der Waals surface area contributed by atoms with Gasteiger partial charge in [0.15, 0.2) is 0 Å². The highest BCUT2D eigenvalue weighted by atomic mass is 32.1. The number of nitrogens with two attached hydrogens (primary N) is 1. The first-order chi connectivity index (χ1) is 11.1. The fourth-order valence-electron chi connectivity index (χ4n) is 2.01. The Labute approximate surface area is 136 Å². The van der Waals surface area contributed by atoms with E-state index in [0.717, 1.165) is 16.4 Å². The van der Waals surface area contributed by atoms with Crippen LogP contribution < -0.4 is 11.1 Å². The number of pyridine rings is 1. The van der Waals surface area contributed by atoms with Crippen molar-refractivity contribution < 1.29 is 9.18 Å². The predicted molar refractivity (Wildman–Crippen MR) is 87.6 cm³/mol. The lowest BCUT2D eigenvalue weighted by molar-refractivity contribution is 0.0996. The number of anilines is 1. The molecule has 0 atom stereocenters. The van der Waals surface area contributed by atoms with Gasteiger partial charge >= 0.3 is 0 Å². The molecule has 0 saturated heterocycles. The summed E-state index contributed by atoms with van der Waals surface area (Å²) < 4.78 is 13.7. The molecule has 1 aromatic carbocycles. The van der Waals surface area contributed by atoms with E-state index >= 15 is 0 Å². The summed E-state index contributed by atoms with van der Waals surface area (Å²) in [7, 11) is 0. The fraction of sp³-hybridized carbons (Fsp3) is 0.0625. The van der Waals surface area contributed by atoms with Crippen molar-refractivity contribution in [3.05, 3.63) is 65.0 Å². The van der Waals surface area contributed by atoms with Gasteiger partial charge in [-0.05, 0) is 30.3 Å². The van der Waals surface area contributed by atoms with E-state index in [1.807, 2.05) is 23.6 Å². The van der Waals surface area contributed by atoms with Gasteiger partial charge in [0.05, 0.1) is 23.5 Å². The fourth-order valence-corrected chi connectivity index (χ4v) is 2.81. The molecule has 2 aromatic heterocycles. The number of thiazole rings is 1.